The summed E-state index contributed by atoms with van der Waals surface area (Å²) in [6.07, 6.45) is 2.59. The molecule has 0 N–H and O–H groups in total. The second-order valence-corrected chi connectivity index (χ2v) is 7.00. The van der Waals surface area contributed by atoms with E-state index in [2.05, 4.69) is 0 Å². The zero-order valence-corrected chi connectivity index (χ0v) is 17.2. The van der Waals surface area contributed by atoms with Crippen molar-refractivity contribution < 1.29 is 18.7 Å². The average Bonchev–Trinajstić information content (AvgIpc) is 2.81. The molecule has 1 heterocycles. The van der Waals surface area contributed by atoms with Gasteiger partial charge in [0.05, 0.1) is 10.4 Å². The van der Waals surface area contributed by atoms with Gasteiger partial charge in [0.25, 0.3) is 0 Å². The first-order valence-corrected chi connectivity index (χ1v) is 9.80. The van der Waals surface area contributed by atoms with Crippen LogP contribution in [-0.4, -0.2) is 5.97 Å². The normalized spacial score (nSPS) is 11.1. The highest BCUT2D eigenvalue weighted by Crippen LogP contribution is 2.29. The van der Waals surface area contributed by atoms with Crippen LogP contribution in [0.5, 0.6) is 17.2 Å². The minimum atomic E-state index is -0.822. The smallest absolute Gasteiger partial charge is 0.354 e. The summed E-state index contributed by atoms with van der Waals surface area (Å²) >= 11 is 6.07. The predicted molar refractivity (Wildman–Crippen MR) is 120 cm³/mol. The number of carbonyl (C=O) groups excluding carboxylic acids is 1. The highest BCUT2D eigenvalue weighted by Gasteiger charge is 2.15. The van der Waals surface area contributed by atoms with Crippen LogP contribution in [0, 0.1) is 11.3 Å². The Morgan fingerprint density at radius 2 is 1.75 bits per heavy atom. The molecular formula is C25H14ClNO5. The molecule has 4 aromatic rings. The lowest BCUT2D eigenvalue weighted by Gasteiger charge is -2.08. The molecular weight excluding hydrogens is 430 g/mol. The molecule has 0 saturated heterocycles. The molecule has 6 nitrogen and oxygen atoms in total. The van der Waals surface area contributed by atoms with Gasteiger partial charge >= 0.3 is 5.97 Å². The second-order valence-electron chi connectivity index (χ2n) is 6.59. The summed E-state index contributed by atoms with van der Waals surface area (Å²) in [6, 6.07) is 21.8. The Bertz CT molecular complexity index is 1430. The Hall–Kier alpha value is -4.34. The molecule has 0 radical (unpaired) electrons. The number of halogens is 1. The molecule has 0 bridgehead atoms. The Morgan fingerprint density at radius 1 is 1.00 bits per heavy atom. The van der Waals surface area contributed by atoms with Gasteiger partial charge in [-0.25, -0.2) is 4.79 Å². The number of hydrogen-bond acceptors (Lipinski definition) is 6. The Morgan fingerprint density at radius 3 is 2.50 bits per heavy atom. The SMILES string of the molecule is N#C/C(=C/c1ccccc1)C(=O)Oc1ccc2c(=O)c(Oc3ccccc3Cl)coc2c1. The highest BCUT2D eigenvalue weighted by atomic mass is 35.5. The fourth-order valence-electron chi connectivity index (χ4n) is 2.89. The van der Waals surface area contributed by atoms with Crippen LogP contribution in [0.1, 0.15) is 5.56 Å². The van der Waals surface area contributed by atoms with Crippen LogP contribution < -0.4 is 14.9 Å². The Kier molecular flexibility index (Phi) is 6.02. The number of benzene rings is 3. The first-order chi connectivity index (χ1) is 15.5. The van der Waals surface area contributed by atoms with Crippen molar-refractivity contribution in [3.8, 4) is 23.3 Å². The molecule has 0 unspecified atom stereocenters. The van der Waals surface area contributed by atoms with E-state index in [1.165, 1.54) is 24.3 Å². The lowest BCUT2D eigenvalue weighted by molar-refractivity contribution is -0.129. The summed E-state index contributed by atoms with van der Waals surface area (Å²) in [5.74, 6) is -0.412. The van der Waals surface area contributed by atoms with Crippen molar-refractivity contribution in [2.75, 3.05) is 0 Å². The number of ether oxygens (including phenoxy) is 2. The summed E-state index contributed by atoms with van der Waals surface area (Å²) in [4.78, 5) is 25.1. The maximum atomic E-state index is 12.7. The van der Waals surface area contributed by atoms with Gasteiger partial charge in [-0.1, -0.05) is 54.1 Å². The molecule has 0 fully saturated rings. The molecule has 0 spiro atoms. The Balaban J connectivity index is 1.58. The van der Waals surface area contributed by atoms with E-state index in [-0.39, 0.29) is 28.0 Å². The van der Waals surface area contributed by atoms with Gasteiger partial charge in [0, 0.05) is 6.07 Å². The van der Waals surface area contributed by atoms with Crippen molar-refractivity contribution in [1.29, 1.82) is 5.26 Å². The molecule has 0 atom stereocenters. The van der Waals surface area contributed by atoms with Gasteiger partial charge in [0.2, 0.25) is 11.2 Å². The molecule has 4 rings (SSSR count). The number of hydrogen-bond donors (Lipinski definition) is 0. The Labute approximate surface area is 187 Å². The van der Waals surface area contributed by atoms with Crippen LogP contribution in [0.3, 0.4) is 0 Å². The van der Waals surface area contributed by atoms with Gasteiger partial charge < -0.3 is 13.9 Å². The third kappa shape index (κ3) is 4.53. The van der Waals surface area contributed by atoms with Crippen molar-refractivity contribution in [2.45, 2.75) is 0 Å². The summed E-state index contributed by atoms with van der Waals surface area (Å²) < 4.78 is 16.4. The topological polar surface area (TPSA) is 89.5 Å². The third-order valence-electron chi connectivity index (χ3n) is 4.43. The number of esters is 1. The minimum absolute atomic E-state index is 0.0343. The fourth-order valence-corrected chi connectivity index (χ4v) is 3.06. The molecule has 0 aliphatic rings. The summed E-state index contributed by atoms with van der Waals surface area (Å²) in [6.45, 7) is 0. The first-order valence-electron chi connectivity index (χ1n) is 9.42. The van der Waals surface area contributed by atoms with E-state index in [1.807, 2.05) is 12.1 Å². The van der Waals surface area contributed by atoms with Crippen LogP contribution in [0.2, 0.25) is 5.02 Å². The largest absolute Gasteiger partial charge is 0.460 e. The quantitative estimate of drug-likeness (QED) is 0.169. The lowest BCUT2D eigenvalue weighted by atomic mass is 10.1. The second kappa shape index (κ2) is 9.21. The number of rotatable bonds is 5. The van der Waals surface area contributed by atoms with Crippen molar-refractivity contribution in [3.05, 3.63) is 105 Å². The maximum absolute atomic E-state index is 12.7. The number of carbonyl (C=O) groups is 1. The van der Waals surface area contributed by atoms with Gasteiger partial charge in [-0.2, -0.15) is 5.26 Å². The zero-order chi connectivity index (χ0) is 22.5. The van der Waals surface area contributed by atoms with Gasteiger partial charge in [0.15, 0.2) is 0 Å². The fraction of sp³-hybridized carbons (Fsp3) is 0. The molecule has 0 aliphatic heterocycles. The van der Waals surface area contributed by atoms with E-state index in [9.17, 15) is 14.9 Å². The van der Waals surface area contributed by atoms with Crippen LogP contribution >= 0.6 is 11.6 Å². The van der Waals surface area contributed by atoms with Crippen LogP contribution in [0.4, 0.5) is 0 Å². The van der Waals surface area contributed by atoms with Gasteiger partial charge in [0.1, 0.15) is 35.0 Å². The van der Waals surface area contributed by atoms with Crippen LogP contribution in [0.25, 0.3) is 17.0 Å². The van der Waals surface area contributed by atoms with Crippen molar-refractivity contribution in [3.63, 3.8) is 0 Å². The molecule has 0 aliphatic carbocycles. The van der Waals surface area contributed by atoms with Gasteiger partial charge in [-0.05, 0) is 35.9 Å². The zero-order valence-electron chi connectivity index (χ0n) is 16.4. The van der Waals surface area contributed by atoms with Crippen LogP contribution in [0.15, 0.2) is 93.8 Å². The standard InChI is InChI=1S/C25H14ClNO5/c26-20-8-4-5-9-21(20)32-23-15-30-22-13-18(10-11-19(22)24(23)28)31-25(29)17(14-27)12-16-6-2-1-3-7-16/h1-13,15H/b17-12-. The van der Waals surface area contributed by atoms with E-state index >= 15 is 0 Å². The van der Waals surface area contributed by atoms with E-state index in [0.717, 1.165) is 6.26 Å². The third-order valence-corrected chi connectivity index (χ3v) is 4.74. The molecule has 156 valence electrons. The molecule has 7 heteroatoms. The minimum Gasteiger partial charge on any atom is -0.460 e. The predicted octanol–water partition coefficient (Wildman–Crippen LogP) is 5.75. The monoisotopic (exact) mass is 443 g/mol. The maximum Gasteiger partial charge on any atom is 0.354 e. The lowest BCUT2D eigenvalue weighted by Crippen LogP contribution is -2.10. The van der Waals surface area contributed by atoms with E-state index in [0.29, 0.717) is 16.3 Å². The van der Waals surface area contributed by atoms with Gasteiger partial charge in [-0.15, -0.1) is 0 Å². The number of nitriles is 1. The molecule has 3 aromatic carbocycles. The summed E-state index contributed by atoms with van der Waals surface area (Å²) in [5, 5.41) is 9.90. The average molecular weight is 444 g/mol. The van der Waals surface area contributed by atoms with Crippen molar-refractivity contribution >= 4 is 34.6 Å². The van der Waals surface area contributed by atoms with E-state index in [4.69, 9.17) is 25.5 Å². The highest BCUT2D eigenvalue weighted by molar-refractivity contribution is 6.32. The van der Waals surface area contributed by atoms with Crippen molar-refractivity contribution in [2.24, 2.45) is 0 Å². The summed E-state index contributed by atoms with van der Waals surface area (Å²) in [7, 11) is 0. The molecule has 0 saturated carbocycles. The van der Waals surface area contributed by atoms with E-state index in [1.54, 1.807) is 48.5 Å². The first kappa shape index (κ1) is 20.9. The molecule has 32 heavy (non-hydrogen) atoms. The number of nitrogens with zero attached hydrogens (tertiary/aromatic N) is 1. The van der Waals surface area contributed by atoms with Crippen LogP contribution in [-0.2, 0) is 4.79 Å². The molecule has 0 amide bonds. The number of para-hydroxylation sites is 1. The summed E-state index contributed by atoms with van der Waals surface area (Å²) in [5.41, 5.74) is 0.306. The number of fused-ring (bicyclic) bond motifs is 1. The van der Waals surface area contributed by atoms with E-state index < -0.39 is 11.4 Å². The van der Waals surface area contributed by atoms with Crippen molar-refractivity contribution in [1.82, 2.24) is 0 Å². The molecule has 1 aromatic heterocycles. The van der Waals surface area contributed by atoms with Gasteiger partial charge in [-0.3, -0.25) is 4.79 Å².